The SMILES string of the molecule is CO[C@@H]1[C@@H](OCC(=O)O)[C@H]2O[C@H]3[C@@H](OC)[C@@H](OCC(=O)O)[C@@H](O[C@H]4[C@@H](OC)[C@@H](OCC(=O)O)[C@@H](O[C@H]5[C@H](OC)[C@@H](OCC(=O)O)[C@@H](O[C@H]6[C@H](OC)[C@@H](OCC(=O)O)[C@@H](O[C@H]7[C@H](OC)[C@@H](OCC(=O)O)[C@@H](O[C@H]8[C@@H](OC)[C@@H](OCC(=O)O)[C@@H](O[C@H]9[C@H](OC)[C@@H](OCC(=O)O)[C@@H](O[C@@H]1[C@H](CN=[N+]=[N-])O2)O[C@H]9CN=[N+]=[N-])O[C@H]8CN=[N+]=[N-])O[C@@H]7CN=[N+]=[N-])O[C@@H]6CN=[N+]=[N-])O[C@@H]5CN=[N+]=[N-])O[C@@H]4CN=[N+]=[N-])O[C@@H]3CN=[N+]=[N-]. The van der Waals surface area contributed by atoms with Crippen molar-refractivity contribution < 1.29 is 231 Å². The molecular weight excluding hydrogens is 1970 g/mol. The van der Waals surface area contributed by atoms with Gasteiger partial charge in [-0.15, -0.1) is 0 Å². The molecule has 0 aromatic rings. The molecule has 72 nitrogen and oxygen atoms in total. The first kappa shape index (κ1) is 117. The number of hydrogen-bond donors (Lipinski definition) is 8. The minimum Gasteiger partial charge on any atom is -0.480 e. The van der Waals surface area contributed by atoms with E-state index in [0.717, 1.165) is 56.9 Å². The lowest BCUT2D eigenvalue weighted by molar-refractivity contribution is -0.406. The molecule has 30 heterocycles. The second-order valence-corrected chi connectivity index (χ2v) is 31.4. The van der Waals surface area contributed by atoms with E-state index >= 15 is 0 Å². The summed E-state index contributed by atoms with van der Waals surface area (Å²) < 4.78 is 203. The maximum atomic E-state index is 12.8. The van der Waals surface area contributed by atoms with Crippen LogP contribution in [0.2, 0.25) is 0 Å². The Bertz CT molecular complexity index is 3810. The molecule has 30 aliphatic rings. The average Bonchev–Trinajstić information content (AvgIpc) is 0.755. The third kappa shape index (κ3) is 30.6. The van der Waals surface area contributed by atoms with Crippen LogP contribution in [0.15, 0.2) is 40.9 Å². The van der Waals surface area contributed by atoms with Gasteiger partial charge in [-0.1, -0.05) is 40.9 Å². The number of hydrogen-bond acceptors (Lipinski definition) is 48. The third-order valence-corrected chi connectivity index (χ3v) is 23.0. The number of carboxylic acids is 8. The Kier molecular flexibility index (Phi) is 47.2. The van der Waals surface area contributed by atoms with Crippen molar-refractivity contribution in [2.24, 2.45) is 40.9 Å². The lowest BCUT2D eigenvalue weighted by Crippen LogP contribution is -2.70. The van der Waals surface area contributed by atoms with E-state index in [0.29, 0.717) is 0 Å². The average molecular weight is 2070 g/mol. The van der Waals surface area contributed by atoms with Crippen molar-refractivity contribution in [1.82, 2.24) is 0 Å². The van der Waals surface area contributed by atoms with Gasteiger partial charge in [0.25, 0.3) is 0 Å². The fourth-order valence-corrected chi connectivity index (χ4v) is 17.5. The van der Waals surface area contributed by atoms with Crippen molar-refractivity contribution in [1.29, 1.82) is 0 Å². The van der Waals surface area contributed by atoms with Gasteiger partial charge in [0, 0.05) is 96.2 Å². The number of carboxylic acid groups (broad SMARTS) is 8. The van der Waals surface area contributed by atoms with Gasteiger partial charge in [-0.25, -0.2) is 38.4 Å². The smallest absolute Gasteiger partial charge is 0.329 e. The van der Waals surface area contributed by atoms with Crippen LogP contribution >= 0.6 is 0 Å². The van der Waals surface area contributed by atoms with Crippen LogP contribution in [0.5, 0.6) is 0 Å². The molecule has 0 unspecified atom stereocenters. The summed E-state index contributed by atoms with van der Waals surface area (Å²) in [6.45, 7) is -17.5. The largest absolute Gasteiger partial charge is 0.480 e. The highest BCUT2D eigenvalue weighted by Gasteiger charge is 2.64. The molecule has 30 saturated heterocycles. The van der Waals surface area contributed by atoms with Crippen LogP contribution < -0.4 is 0 Å². The normalized spacial score (nSPS) is 37.5. The van der Waals surface area contributed by atoms with Crippen molar-refractivity contribution in [2.75, 3.05) is 162 Å². The quantitative estimate of drug-likeness (QED) is 0.0211. The molecule has 30 fully saturated rings. The lowest BCUT2D eigenvalue weighted by Gasteiger charge is -2.53. The molecule has 72 heteroatoms. The standard InChI is InChI=1S/C72H104N24O48/c1-113-49-41-25(9-81-89-73)129-65(57(49)121-17-33(97)98)138-42-26(10-82-90-74)131-67(59(50(42)114-2)123-19-35(101)102)140-44-28(12-84-92-76)133-69(61(52(44)116-4)125-21-37(105)106)142-46-30(14-86-94-78)135-71(63(54(46)118-6)127-23-39(109)110)144-48-32(16-88-96-80)136-72(64(56(48)120-8)128-24-40(111)112)143-47-31(15-87-95-79)134-70(62(55(47)119-7)126-22-38(107)108)141-45-29(13-85-93-77)132-68(60(53(45)117-5)124-20-36(103)104)139-43-27(11-83-91-75)130-66(137-41)58(51(43)115-3)122-18-34(99)100/h25-32,41-72H,9-24H2,1-8H3,(H,97,98)(H,99,100)(H,101,102)(H,103,104)(H,105,106)(H,107,108)(H,109,110)(H,111,112)/t25-,26-,27-,28-,29-,30+,31+,32+,41-,42-,43-,44-,45-,46-,47-,48-,49+,50+,51-,52+,53-,54-,55+,56+,57-,58-,59-,60-,61-,62-,63-,64-,65-,66-,67-,68-,69-,70-,71-,72-/m1/s1. The molecule has 0 aliphatic carbocycles. The molecule has 0 amide bonds. The van der Waals surface area contributed by atoms with Crippen molar-refractivity contribution >= 4 is 47.8 Å². The number of methoxy groups -OCH3 is 8. The zero-order chi connectivity index (χ0) is 105. The fourth-order valence-electron chi connectivity index (χ4n) is 17.5. The van der Waals surface area contributed by atoms with Gasteiger partial charge in [-0.3, -0.25) is 0 Å². The zero-order valence-electron chi connectivity index (χ0n) is 77.0. The molecule has 0 saturated carbocycles. The predicted molar refractivity (Wildman–Crippen MR) is 446 cm³/mol. The van der Waals surface area contributed by atoms with E-state index in [1.807, 2.05) is 0 Å². The third-order valence-electron chi connectivity index (χ3n) is 23.0. The van der Waals surface area contributed by atoms with Gasteiger partial charge >= 0.3 is 47.8 Å². The lowest BCUT2D eigenvalue weighted by atomic mass is 9.93. The number of carbonyl (C=O) groups is 8. The highest BCUT2D eigenvalue weighted by atomic mass is 16.8. The van der Waals surface area contributed by atoms with Gasteiger partial charge in [-0.2, -0.15) is 0 Å². The predicted octanol–water partition coefficient (Wildman–Crippen LogP) is -0.758. The number of aliphatic carboxylic acids is 8. The van der Waals surface area contributed by atoms with Crippen LogP contribution in [0.1, 0.15) is 0 Å². The Hall–Kier alpha value is -11.0. The Balaban J connectivity index is 1.30. The molecule has 30 aliphatic heterocycles. The molecule has 30 rings (SSSR count). The topological polar surface area (TPSA) is 984 Å². The Morgan fingerprint density at radius 1 is 0.188 bits per heavy atom. The summed E-state index contributed by atoms with van der Waals surface area (Å²) in [6, 6.07) is 0. The summed E-state index contributed by atoms with van der Waals surface area (Å²) in [5.41, 5.74) is 80.4. The second kappa shape index (κ2) is 58.3. The summed E-state index contributed by atoms with van der Waals surface area (Å²) in [5.74, 6) is -13.6. The minimum absolute atomic E-state index is 0.888. The molecule has 16 bridgehead atoms. The van der Waals surface area contributed by atoms with Crippen molar-refractivity contribution in [2.45, 2.75) is 246 Å². The van der Waals surface area contributed by atoms with Crippen molar-refractivity contribution in [3.8, 4) is 0 Å². The summed E-state index contributed by atoms with van der Waals surface area (Å²) in [7, 11) is 8.01. The first-order valence-corrected chi connectivity index (χ1v) is 42.8. The van der Waals surface area contributed by atoms with Crippen LogP contribution in [0.3, 0.4) is 0 Å². The fraction of sp³-hybridized carbons (Fsp3) is 0.889. The van der Waals surface area contributed by atoms with E-state index in [1.165, 1.54) is 0 Å². The maximum absolute atomic E-state index is 12.8. The Morgan fingerprint density at radius 2 is 0.285 bits per heavy atom. The van der Waals surface area contributed by atoms with E-state index in [4.69, 9.17) is 152 Å². The van der Waals surface area contributed by atoms with Gasteiger partial charge < -0.3 is 192 Å². The van der Waals surface area contributed by atoms with Crippen molar-refractivity contribution in [3.63, 3.8) is 0 Å². The zero-order valence-corrected chi connectivity index (χ0v) is 77.0. The highest BCUT2D eigenvalue weighted by Crippen LogP contribution is 2.45. The van der Waals surface area contributed by atoms with E-state index < -0.39 is 399 Å². The molecule has 144 heavy (non-hydrogen) atoms. The van der Waals surface area contributed by atoms with Crippen LogP contribution in [0.25, 0.3) is 83.5 Å². The van der Waals surface area contributed by atoms with E-state index in [9.17, 15) is 123 Å². The van der Waals surface area contributed by atoms with Gasteiger partial charge in [-0.05, 0) is 44.2 Å². The molecule has 0 spiro atoms. The first-order chi connectivity index (χ1) is 69.3. The first-order valence-electron chi connectivity index (χ1n) is 42.8. The van der Waals surface area contributed by atoms with Crippen LogP contribution in [0.4, 0.5) is 0 Å². The van der Waals surface area contributed by atoms with Gasteiger partial charge in [0.2, 0.25) is 0 Å². The summed E-state index contributed by atoms with van der Waals surface area (Å²) in [5, 5.41) is 112. The van der Waals surface area contributed by atoms with Crippen LogP contribution in [-0.4, -0.2) is 496 Å². The molecule has 0 radical (unpaired) electrons. The summed E-state index contributed by atoms with van der Waals surface area (Å²) >= 11 is 0. The second-order valence-electron chi connectivity index (χ2n) is 31.4. The van der Waals surface area contributed by atoms with E-state index in [1.54, 1.807) is 0 Å². The van der Waals surface area contributed by atoms with Gasteiger partial charge in [0.1, 0.15) is 199 Å². The summed E-state index contributed by atoms with van der Waals surface area (Å²) in [6.07, 6.45) is -79.5. The van der Waals surface area contributed by atoms with Crippen LogP contribution in [-0.2, 0) is 190 Å². The van der Waals surface area contributed by atoms with Crippen molar-refractivity contribution in [3.05, 3.63) is 83.5 Å². The molecular formula is C72H104N24O48. The monoisotopic (exact) mass is 2070 g/mol. The van der Waals surface area contributed by atoms with Gasteiger partial charge in [0.15, 0.2) is 50.3 Å². The molecule has 40 atom stereocenters. The van der Waals surface area contributed by atoms with Gasteiger partial charge in [0.05, 0.1) is 101 Å². The molecule has 0 aromatic heterocycles. The maximum Gasteiger partial charge on any atom is 0.329 e. The highest BCUT2D eigenvalue weighted by molar-refractivity contribution is 5.70. The molecule has 800 valence electrons. The van der Waals surface area contributed by atoms with E-state index in [2.05, 4.69) is 80.2 Å². The Morgan fingerprint density at radius 3 is 0.361 bits per heavy atom. The molecule has 8 N–H and O–H groups in total. The van der Waals surface area contributed by atoms with E-state index in [-0.39, 0.29) is 0 Å². The summed E-state index contributed by atoms with van der Waals surface area (Å²) in [4.78, 5) is 125. The number of azide groups is 8. The number of ether oxygens (including phenoxy) is 32. The minimum atomic E-state index is -2.19. The Labute approximate surface area is 808 Å². The van der Waals surface area contributed by atoms with Crippen LogP contribution in [0, 0.1) is 0 Å². The molecule has 0 aromatic carbocycles. The number of rotatable bonds is 48. The number of nitrogens with zero attached hydrogens (tertiary/aromatic N) is 24.